The second-order valence-electron chi connectivity index (χ2n) is 4.58. The van der Waals surface area contributed by atoms with Gasteiger partial charge in [-0.25, -0.2) is 0 Å². The van der Waals surface area contributed by atoms with Gasteiger partial charge in [0.05, 0.1) is 18.8 Å². The van der Waals surface area contributed by atoms with Gasteiger partial charge in [0.2, 0.25) is 5.91 Å². The molecule has 0 spiro atoms. The zero-order valence-corrected chi connectivity index (χ0v) is 9.70. The van der Waals surface area contributed by atoms with Crippen molar-refractivity contribution in [3.05, 3.63) is 0 Å². The molecular weight excluding hydrogens is 208 g/mol. The molecule has 0 aromatic carbocycles. The zero-order valence-electron chi connectivity index (χ0n) is 9.70. The maximum Gasteiger partial charge on any atom is 0.246 e. The minimum Gasteiger partial charge on any atom is -0.370 e. The van der Waals surface area contributed by atoms with Gasteiger partial charge in [-0.15, -0.1) is 0 Å². The lowest BCUT2D eigenvalue weighted by Crippen LogP contribution is -2.45. The van der Waals surface area contributed by atoms with Crippen molar-refractivity contribution in [2.75, 3.05) is 26.3 Å². The molecule has 1 aliphatic heterocycles. The number of carbonyl (C=O) groups excluding carboxylic acids is 1. The van der Waals surface area contributed by atoms with Crippen LogP contribution in [-0.4, -0.2) is 50.5 Å². The van der Waals surface area contributed by atoms with Crippen LogP contribution in [0.4, 0.5) is 0 Å². The molecule has 0 radical (unpaired) electrons. The van der Waals surface area contributed by atoms with E-state index in [1.54, 1.807) is 0 Å². The fraction of sp³-hybridized carbons (Fsp3) is 0.909. The Labute approximate surface area is 95.9 Å². The summed E-state index contributed by atoms with van der Waals surface area (Å²) < 4.78 is 11.0. The van der Waals surface area contributed by atoms with Crippen molar-refractivity contribution in [2.24, 2.45) is 0 Å². The molecule has 2 fully saturated rings. The Hall–Kier alpha value is -0.650. The van der Waals surface area contributed by atoms with E-state index in [0.717, 1.165) is 25.9 Å². The van der Waals surface area contributed by atoms with E-state index >= 15 is 0 Å². The van der Waals surface area contributed by atoms with Crippen LogP contribution >= 0.6 is 0 Å². The molecule has 2 atom stereocenters. The van der Waals surface area contributed by atoms with Crippen molar-refractivity contribution in [2.45, 2.75) is 38.0 Å². The van der Waals surface area contributed by atoms with Gasteiger partial charge in [0.15, 0.2) is 0 Å². The molecule has 0 aromatic rings. The standard InChI is InChI=1S/C11H20N2O3/c1-8-4-12-5-10(16-8)6-15-7-11(14)13-9-2-3-9/h8-10,12H,2-7H2,1H3,(H,13,14). The predicted molar refractivity (Wildman–Crippen MR) is 59.2 cm³/mol. The Kier molecular flexibility index (Phi) is 4.15. The Balaban J connectivity index is 1.54. The van der Waals surface area contributed by atoms with Crippen molar-refractivity contribution >= 4 is 5.91 Å². The van der Waals surface area contributed by atoms with Crippen LogP contribution in [0, 0.1) is 0 Å². The second kappa shape index (κ2) is 5.61. The zero-order chi connectivity index (χ0) is 11.4. The highest BCUT2D eigenvalue weighted by Gasteiger charge is 2.23. The van der Waals surface area contributed by atoms with Crippen molar-refractivity contribution < 1.29 is 14.3 Å². The highest BCUT2D eigenvalue weighted by atomic mass is 16.5. The Bertz CT molecular complexity index is 243. The summed E-state index contributed by atoms with van der Waals surface area (Å²) >= 11 is 0. The van der Waals surface area contributed by atoms with E-state index in [4.69, 9.17) is 9.47 Å². The SMILES string of the molecule is CC1CNCC(COCC(=O)NC2CC2)O1. The lowest BCUT2D eigenvalue weighted by molar-refractivity contribution is -0.128. The van der Waals surface area contributed by atoms with E-state index in [9.17, 15) is 4.79 Å². The minimum absolute atomic E-state index is 0.0145. The molecule has 2 N–H and O–H groups in total. The van der Waals surface area contributed by atoms with Crippen molar-refractivity contribution in [3.8, 4) is 0 Å². The molecule has 2 unspecified atom stereocenters. The maximum atomic E-state index is 11.3. The third kappa shape index (κ3) is 4.08. The summed E-state index contributed by atoms with van der Waals surface area (Å²) in [5.74, 6) is -0.0145. The lowest BCUT2D eigenvalue weighted by atomic mass is 10.2. The first kappa shape index (κ1) is 11.8. The molecule has 5 heteroatoms. The molecule has 1 saturated carbocycles. The van der Waals surface area contributed by atoms with Gasteiger partial charge in [-0.05, 0) is 19.8 Å². The van der Waals surface area contributed by atoms with Gasteiger partial charge in [0.1, 0.15) is 6.61 Å². The van der Waals surface area contributed by atoms with Gasteiger partial charge in [-0.2, -0.15) is 0 Å². The summed E-state index contributed by atoms with van der Waals surface area (Å²) in [6, 6.07) is 0.406. The molecule has 92 valence electrons. The molecule has 0 aromatic heterocycles. The summed E-state index contributed by atoms with van der Waals surface area (Å²) in [4.78, 5) is 11.3. The van der Waals surface area contributed by atoms with Crippen LogP contribution in [0.25, 0.3) is 0 Å². The number of hydrogen-bond acceptors (Lipinski definition) is 4. The fourth-order valence-electron chi connectivity index (χ4n) is 1.75. The van der Waals surface area contributed by atoms with E-state index in [2.05, 4.69) is 10.6 Å². The molecule has 1 amide bonds. The Morgan fingerprint density at radius 2 is 2.31 bits per heavy atom. The van der Waals surface area contributed by atoms with E-state index in [1.165, 1.54) is 0 Å². The summed E-state index contributed by atoms with van der Waals surface area (Å²) in [6.07, 6.45) is 2.51. The second-order valence-corrected chi connectivity index (χ2v) is 4.58. The lowest BCUT2D eigenvalue weighted by Gasteiger charge is -2.28. The minimum atomic E-state index is -0.0145. The topological polar surface area (TPSA) is 59.6 Å². The van der Waals surface area contributed by atoms with Gasteiger partial charge < -0.3 is 20.1 Å². The van der Waals surface area contributed by atoms with Gasteiger partial charge in [0, 0.05) is 19.1 Å². The Morgan fingerprint density at radius 1 is 1.50 bits per heavy atom. The molecule has 1 heterocycles. The number of rotatable bonds is 5. The van der Waals surface area contributed by atoms with Crippen molar-refractivity contribution in [1.82, 2.24) is 10.6 Å². The quantitative estimate of drug-likeness (QED) is 0.676. The number of carbonyl (C=O) groups is 1. The largest absolute Gasteiger partial charge is 0.370 e. The van der Waals surface area contributed by atoms with Crippen molar-refractivity contribution in [3.63, 3.8) is 0 Å². The molecule has 1 saturated heterocycles. The number of amides is 1. The summed E-state index contributed by atoms with van der Waals surface area (Å²) in [5.41, 5.74) is 0. The smallest absolute Gasteiger partial charge is 0.246 e. The van der Waals surface area contributed by atoms with E-state index < -0.39 is 0 Å². The van der Waals surface area contributed by atoms with Crippen molar-refractivity contribution in [1.29, 1.82) is 0 Å². The van der Waals surface area contributed by atoms with Crippen LogP contribution in [0.5, 0.6) is 0 Å². The van der Waals surface area contributed by atoms with Crippen LogP contribution in [0.1, 0.15) is 19.8 Å². The summed E-state index contributed by atoms with van der Waals surface area (Å²) in [7, 11) is 0. The molecular formula is C11H20N2O3. The van der Waals surface area contributed by atoms with Crippen LogP contribution in [0.2, 0.25) is 0 Å². The van der Waals surface area contributed by atoms with Gasteiger partial charge in [-0.1, -0.05) is 0 Å². The van der Waals surface area contributed by atoms with Gasteiger partial charge in [-0.3, -0.25) is 4.79 Å². The highest BCUT2D eigenvalue weighted by Crippen LogP contribution is 2.18. The number of nitrogens with one attached hydrogen (secondary N) is 2. The predicted octanol–water partition coefficient (Wildman–Crippen LogP) is -0.341. The number of hydrogen-bond donors (Lipinski definition) is 2. The first-order valence-corrected chi connectivity index (χ1v) is 5.97. The highest BCUT2D eigenvalue weighted by molar-refractivity contribution is 5.77. The molecule has 2 aliphatic rings. The first-order chi connectivity index (χ1) is 7.74. The van der Waals surface area contributed by atoms with Crippen LogP contribution in [0.15, 0.2) is 0 Å². The molecule has 2 rings (SSSR count). The molecule has 5 nitrogen and oxygen atoms in total. The molecule has 16 heavy (non-hydrogen) atoms. The molecule has 1 aliphatic carbocycles. The maximum absolute atomic E-state index is 11.3. The van der Waals surface area contributed by atoms with Gasteiger partial charge >= 0.3 is 0 Å². The molecule has 0 bridgehead atoms. The van der Waals surface area contributed by atoms with Gasteiger partial charge in [0.25, 0.3) is 0 Å². The average Bonchev–Trinajstić information content (AvgIpc) is 3.02. The third-order valence-corrected chi connectivity index (χ3v) is 2.71. The Morgan fingerprint density at radius 3 is 3.00 bits per heavy atom. The normalized spacial score (nSPS) is 30.1. The van der Waals surface area contributed by atoms with Crippen LogP contribution in [-0.2, 0) is 14.3 Å². The van der Waals surface area contributed by atoms with Crippen LogP contribution < -0.4 is 10.6 Å². The van der Waals surface area contributed by atoms with E-state index in [0.29, 0.717) is 12.6 Å². The van der Waals surface area contributed by atoms with Crippen LogP contribution in [0.3, 0.4) is 0 Å². The first-order valence-electron chi connectivity index (χ1n) is 5.97. The fourth-order valence-corrected chi connectivity index (χ4v) is 1.75. The number of ether oxygens (including phenoxy) is 2. The monoisotopic (exact) mass is 228 g/mol. The average molecular weight is 228 g/mol. The number of morpholine rings is 1. The van der Waals surface area contributed by atoms with E-state index in [-0.39, 0.29) is 24.7 Å². The summed E-state index contributed by atoms with van der Waals surface area (Å²) in [5, 5.41) is 6.14. The third-order valence-electron chi connectivity index (χ3n) is 2.71. The van der Waals surface area contributed by atoms with E-state index in [1.807, 2.05) is 6.92 Å². The summed E-state index contributed by atoms with van der Waals surface area (Å²) in [6.45, 7) is 4.34.